The van der Waals surface area contributed by atoms with E-state index in [0.717, 1.165) is 34.5 Å². The number of aryl methyl sites for hydroxylation is 1. The Morgan fingerprint density at radius 3 is 2.83 bits per heavy atom. The molecule has 1 N–H and O–H groups in total. The number of ether oxygens (including phenoxy) is 1. The van der Waals surface area contributed by atoms with Crippen molar-refractivity contribution in [2.75, 3.05) is 12.4 Å². The van der Waals surface area contributed by atoms with Crippen molar-refractivity contribution < 1.29 is 9.53 Å². The third-order valence-corrected chi connectivity index (χ3v) is 6.34. The Hall–Kier alpha value is -3.39. The summed E-state index contributed by atoms with van der Waals surface area (Å²) in [5.74, 6) is 1.83. The van der Waals surface area contributed by atoms with E-state index in [1.54, 1.807) is 24.6 Å². The van der Waals surface area contributed by atoms with Crippen LogP contribution >= 0.6 is 11.3 Å². The highest BCUT2D eigenvalue weighted by atomic mass is 32.1. The normalized spacial score (nSPS) is 15.8. The number of carbonyl (C=O) groups is 1. The SMILES string of the molecule is COc1ccc2nc(Nc3ncc4c(n3)C[C@@H](c3cccs3)CC4=O)nc(C)c2c1. The summed E-state index contributed by atoms with van der Waals surface area (Å²) in [6.45, 7) is 1.92. The predicted octanol–water partition coefficient (Wildman–Crippen LogP) is 4.45. The van der Waals surface area contributed by atoms with E-state index in [2.05, 4.69) is 31.3 Å². The van der Waals surface area contributed by atoms with Gasteiger partial charge in [0.1, 0.15) is 5.75 Å². The lowest BCUT2D eigenvalue weighted by Gasteiger charge is -2.22. The molecule has 0 spiro atoms. The number of hydrogen-bond donors (Lipinski definition) is 1. The van der Waals surface area contributed by atoms with Crippen LogP contribution in [0.5, 0.6) is 5.75 Å². The monoisotopic (exact) mass is 417 g/mol. The zero-order valence-electron chi connectivity index (χ0n) is 16.5. The smallest absolute Gasteiger partial charge is 0.230 e. The number of fused-ring (bicyclic) bond motifs is 2. The Balaban J connectivity index is 1.45. The summed E-state index contributed by atoms with van der Waals surface area (Å²) in [4.78, 5) is 31.8. The van der Waals surface area contributed by atoms with Crippen molar-refractivity contribution in [1.29, 1.82) is 0 Å². The van der Waals surface area contributed by atoms with Crippen molar-refractivity contribution in [1.82, 2.24) is 19.9 Å². The van der Waals surface area contributed by atoms with Crippen molar-refractivity contribution in [3.63, 3.8) is 0 Å². The number of nitrogens with zero attached hydrogens (tertiary/aromatic N) is 4. The van der Waals surface area contributed by atoms with Gasteiger partial charge in [-0.1, -0.05) is 6.07 Å². The van der Waals surface area contributed by atoms with Crippen molar-refractivity contribution in [2.24, 2.45) is 0 Å². The first kappa shape index (κ1) is 18.6. The van der Waals surface area contributed by atoms with Crippen LogP contribution in [0.1, 0.15) is 39.0 Å². The molecular weight excluding hydrogens is 398 g/mol. The standard InChI is InChI=1S/C22H19N5O2S/c1-12-15-10-14(29-2)5-6-17(15)25-22(24-12)27-21-23-11-16-18(26-21)8-13(9-19(16)28)20-4-3-7-30-20/h3-7,10-11,13H,8-9H2,1-2H3,(H,23,24,25,26,27)/t13-/m1/s1. The van der Waals surface area contributed by atoms with Crippen LogP contribution in [-0.2, 0) is 6.42 Å². The summed E-state index contributed by atoms with van der Waals surface area (Å²) in [5, 5.41) is 6.06. The van der Waals surface area contributed by atoms with Crippen molar-refractivity contribution in [3.8, 4) is 5.75 Å². The maximum absolute atomic E-state index is 12.6. The number of carbonyl (C=O) groups excluding carboxylic acids is 1. The van der Waals surface area contributed by atoms with E-state index in [1.807, 2.05) is 36.6 Å². The Morgan fingerprint density at radius 1 is 1.13 bits per heavy atom. The quantitative estimate of drug-likeness (QED) is 0.524. The van der Waals surface area contributed by atoms with Crippen LogP contribution in [0.4, 0.5) is 11.9 Å². The fourth-order valence-corrected chi connectivity index (χ4v) is 4.60. The molecule has 0 saturated carbocycles. The van der Waals surface area contributed by atoms with Crippen LogP contribution in [0.25, 0.3) is 10.9 Å². The lowest BCUT2D eigenvalue weighted by atomic mass is 9.86. The second kappa shape index (κ2) is 7.46. The number of methoxy groups -OCH3 is 1. The maximum Gasteiger partial charge on any atom is 0.230 e. The molecule has 0 saturated heterocycles. The fourth-order valence-electron chi connectivity index (χ4n) is 3.77. The summed E-state index contributed by atoms with van der Waals surface area (Å²) >= 11 is 1.68. The molecule has 3 aromatic heterocycles. The number of thiophene rings is 1. The Labute approximate surface area is 177 Å². The van der Waals surface area contributed by atoms with Crippen LogP contribution in [0.15, 0.2) is 41.9 Å². The number of aromatic nitrogens is 4. The molecule has 30 heavy (non-hydrogen) atoms. The van der Waals surface area contributed by atoms with Gasteiger partial charge < -0.3 is 4.74 Å². The second-order valence-corrected chi connectivity index (χ2v) is 8.22. The van der Waals surface area contributed by atoms with Crippen LogP contribution in [0.2, 0.25) is 0 Å². The topological polar surface area (TPSA) is 89.9 Å². The van der Waals surface area contributed by atoms with E-state index in [-0.39, 0.29) is 11.7 Å². The lowest BCUT2D eigenvalue weighted by Crippen LogP contribution is -2.20. The number of nitrogens with one attached hydrogen (secondary N) is 1. The van der Waals surface area contributed by atoms with Gasteiger partial charge in [0.2, 0.25) is 11.9 Å². The molecule has 0 bridgehead atoms. The number of rotatable bonds is 4. The minimum Gasteiger partial charge on any atom is -0.497 e. The zero-order valence-corrected chi connectivity index (χ0v) is 17.4. The molecule has 4 aromatic rings. The Morgan fingerprint density at radius 2 is 2.03 bits per heavy atom. The largest absolute Gasteiger partial charge is 0.497 e. The van der Waals surface area contributed by atoms with E-state index < -0.39 is 0 Å². The molecule has 0 amide bonds. The molecule has 0 fully saturated rings. The summed E-state index contributed by atoms with van der Waals surface area (Å²) in [5.41, 5.74) is 3.00. The van der Waals surface area contributed by atoms with Gasteiger partial charge in [0.05, 0.1) is 29.6 Å². The van der Waals surface area contributed by atoms with Gasteiger partial charge in [-0.2, -0.15) is 0 Å². The predicted molar refractivity (Wildman–Crippen MR) is 116 cm³/mol. The molecule has 7 nitrogen and oxygen atoms in total. The molecule has 1 aliphatic carbocycles. The van der Waals surface area contributed by atoms with Gasteiger partial charge in [0, 0.05) is 28.8 Å². The van der Waals surface area contributed by atoms with Gasteiger partial charge in [-0.25, -0.2) is 19.9 Å². The van der Waals surface area contributed by atoms with Gasteiger partial charge in [-0.3, -0.25) is 10.1 Å². The molecule has 1 aliphatic rings. The summed E-state index contributed by atoms with van der Waals surface area (Å²) in [6.07, 6.45) is 2.83. The van der Waals surface area contributed by atoms with Gasteiger partial charge in [0.15, 0.2) is 5.78 Å². The summed E-state index contributed by atoms with van der Waals surface area (Å²) in [6, 6.07) is 9.77. The fraction of sp³-hybridized carbons (Fsp3) is 0.227. The van der Waals surface area contributed by atoms with E-state index in [4.69, 9.17) is 4.74 Å². The number of Topliss-reactive ketones (excluding diaryl/α,β-unsaturated/α-hetero) is 1. The number of ketones is 1. The Bertz CT molecular complexity index is 1260. The molecule has 150 valence electrons. The van der Waals surface area contributed by atoms with E-state index >= 15 is 0 Å². The lowest BCUT2D eigenvalue weighted by molar-refractivity contribution is 0.0963. The minimum atomic E-state index is 0.0907. The third kappa shape index (κ3) is 3.39. The highest BCUT2D eigenvalue weighted by molar-refractivity contribution is 7.10. The molecule has 3 heterocycles. The highest BCUT2D eigenvalue weighted by Gasteiger charge is 2.28. The van der Waals surface area contributed by atoms with E-state index in [0.29, 0.717) is 23.9 Å². The van der Waals surface area contributed by atoms with Crippen molar-refractivity contribution >= 4 is 39.9 Å². The van der Waals surface area contributed by atoms with Crippen molar-refractivity contribution in [2.45, 2.75) is 25.7 Å². The summed E-state index contributed by atoms with van der Waals surface area (Å²) < 4.78 is 5.28. The minimum absolute atomic E-state index is 0.0907. The molecule has 8 heteroatoms. The number of hydrogen-bond acceptors (Lipinski definition) is 8. The molecule has 1 aromatic carbocycles. The number of benzene rings is 1. The van der Waals surface area contributed by atoms with Crippen LogP contribution in [0.3, 0.4) is 0 Å². The van der Waals surface area contributed by atoms with Crippen molar-refractivity contribution in [3.05, 3.63) is 63.7 Å². The molecule has 0 unspecified atom stereocenters. The summed E-state index contributed by atoms with van der Waals surface area (Å²) in [7, 11) is 1.63. The average Bonchev–Trinajstić information content (AvgIpc) is 3.28. The van der Waals surface area contributed by atoms with Crippen LogP contribution in [0, 0.1) is 6.92 Å². The van der Waals surface area contributed by atoms with Gasteiger partial charge in [0.25, 0.3) is 0 Å². The molecular formula is C22H19N5O2S. The van der Waals surface area contributed by atoms with Crippen LogP contribution < -0.4 is 10.1 Å². The maximum atomic E-state index is 12.6. The second-order valence-electron chi connectivity index (χ2n) is 7.24. The first-order valence-corrected chi connectivity index (χ1v) is 10.5. The molecule has 5 rings (SSSR count). The molecule has 1 atom stereocenters. The average molecular weight is 417 g/mol. The van der Waals surface area contributed by atoms with Gasteiger partial charge in [-0.05, 0) is 43.0 Å². The van der Waals surface area contributed by atoms with E-state index in [9.17, 15) is 4.79 Å². The molecule has 0 radical (unpaired) electrons. The van der Waals surface area contributed by atoms with Gasteiger partial charge >= 0.3 is 0 Å². The third-order valence-electron chi connectivity index (χ3n) is 5.30. The Kier molecular flexibility index (Phi) is 4.63. The molecule has 0 aliphatic heterocycles. The first-order valence-electron chi connectivity index (χ1n) is 9.62. The van der Waals surface area contributed by atoms with Crippen LogP contribution in [-0.4, -0.2) is 32.8 Å². The van der Waals surface area contributed by atoms with Gasteiger partial charge in [-0.15, -0.1) is 11.3 Å². The highest BCUT2D eigenvalue weighted by Crippen LogP contribution is 2.34. The number of anilines is 2. The zero-order chi connectivity index (χ0) is 20.7. The van der Waals surface area contributed by atoms with E-state index in [1.165, 1.54) is 4.88 Å². The first-order chi connectivity index (χ1) is 14.6.